The van der Waals surface area contributed by atoms with Crippen molar-refractivity contribution >= 4 is 38.8 Å². The van der Waals surface area contributed by atoms with Crippen molar-refractivity contribution in [1.29, 1.82) is 5.41 Å². The Morgan fingerprint density at radius 1 is 1.43 bits per heavy atom. The molecule has 0 unspecified atom stereocenters. The standard InChI is InChI=1S/C15H15BrFN3S/c16-13-11(15(18)19)3-4-12(14(13)17)20(10-1-2-10)7-9-5-6-21-8-9/h3-6,8,10H,1-2,7H2,(H3,18,19). The second-order valence-corrected chi connectivity index (χ2v) is 6.74. The number of anilines is 1. The highest BCUT2D eigenvalue weighted by Crippen LogP contribution is 2.37. The highest BCUT2D eigenvalue weighted by atomic mass is 79.9. The first kappa shape index (κ1) is 14.5. The minimum absolute atomic E-state index is 0.136. The second-order valence-electron chi connectivity index (χ2n) is 5.16. The SMILES string of the molecule is N=C(N)c1ccc(N(Cc2ccsc2)C2CC2)c(F)c1Br. The molecule has 3 rings (SSSR count). The minimum atomic E-state index is -0.343. The minimum Gasteiger partial charge on any atom is -0.384 e. The Labute approximate surface area is 135 Å². The summed E-state index contributed by atoms with van der Waals surface area (Å²) in [6, 6.07) is 5.89. The number of nitrogens with zero attached hydrogens (tertiary/aromatic N) is 1. The maximum absolute atomic E-state index is 14.7. The lowest BCUT2D eigenvalue weighted by Crippen LogP contribution is -2.26. The summed E-state index contributed by atoms with van der Waals surface area (Å²) in [4.78, 5) is 2.10. The Hall–Kier alpha value is -1.40. The number of amidine groups is 1. The van der Waals surface area contributed by atoms with E-state index in [2.05, 4.69) is 32.3 Å². The zero-order valence-electron chi connectivity index (χ0n) is 11.3. The molecule has 0 radical (unpaired) electrons. The van der Waals surface area contributed by atoms with E-state index in [0.717, 1.165) is 12.8 Å². The Morgan fingerprint density at radius 3 is 2.76 bits per heavy atom. The second kappa shape index (κ2) is 5.77. The van der Waals surface area contributed by atoms with Gasteiger partial charge in [-0.05, 0) is 63.3 Å². The summed E-state index contributed by atoms with van der Waals surface area (Å²) in [6.07, 6.45) is 2.19. The number of halogens is 2. The van der Waals surface area contributed by atoms with Gasteiger partial charge in [-0.2, -0.15) is 11.3 Å². The number of hydrogen-bond acceptors (Lipinski definition) is 3. The Balaban J connectivity index is 1.96. The van der Waals surface area contributed by atoms with Crippen LogP contribution in [0, 0.1) is 11.2 Å². The molecular formula is C15H15BrFN3S. The van der Waals surface area contributed by atoms with Gasteiger partial charge in [-0.3, -0.25) is 5.41 Å². The van der Waals surface area contributed by atoms with Crippen molar-refractivity contribution in [2.75, 3.05) is 4.90 Å². The van der Waals surface area contributed by atoms with Crippen LogP contribution in [0.15, 0.2) is 33.4 Å². The molecule has 3 N–H and O–H groups in total. The zero-order valence-corrected chi connectivity index (χ0v) is 13.7. The van der Waals surface area contributed by atoms with E-state index in [0.29, 0.717) is 23.8 Å². The van der Waals surface area contributed by atoms with Crippen LogP contribution in [-0.4, -0.2) is 11.9 Å². The molecule has 0 aliphatic heterocycles. The summed E-state index contributed by atoms with van der Waals surface area (Å²) < 4.78 is 14.9. The average Bonchev–Trinajstić information content (AvgIpc) is 3.16. The van der Waals surface area contributed by atoms with Crippen LogP contribution < -0.4 is 10.6 Å². The lowest BCUT2D eigenvalue weighted by molar-refractivity contribution is 0.608. The van der Waals surface area contributed by atoms with Crippen molar-refractivity contribution in [3.05, 3.63) is 50.4 Å². The molecule has 1 aromatic heterocycles. The molecule has 0 spiro atoms. The van der Waals surface area contributed by atoms with Gasteiger partial charge in [0.15, 0.2) is 5.82 Å². The first-order chi connectivity index (χ1) is 10.1. The Kier molecular flexibility index (Phi) is 3.99. The molecule has 1 heterocycles. The molecule has 0 saturated heterocycles. The predicted molar refractivity (Wildman–Crippen MR) is 88.6 cm³/mol. The molecule has 0 amide bonds. The summed E-state index contributed by atoms with van der Waals surface area (Å²) in [6.45, 7) is 0.705. The molecule has 2 aromatic rings. The molecule has 6 heteroatoms. The van der Waals surface area contributed by atoms with Crippen LogP contribution in [0.2, 0.25) is 0 Å². The number of benzene rings is 1. The number of rotatable bonds is 5. The number of nitrogens with two attached hydrogens (primary N) is 1. The lowest BCUT2D eigenvalue weighted by atomic mass is 10.1. The van der Waals surface area contributed by atoms with Crippen LogP contribution in [0.25, 0.3) is 0 Å². The van der Waals surface area contributed by atoms with E-state index in [-0.39, 0.29) is 16.1 Å². The van der Waals surface area contributed by atoms with Gasteiger partial charge in [0.2, 0.25) is 0 Å². The number of thiophene rings is 1. The maximum Gasteiger partial charge on any atom is 0.161 e. The molecular weight excluding hydrogens is 353 g/mol. The molecule has 110 valence electrons. The molecule has 3 nitrogen and oxygen atoms in total. The quantitative estimate of drug-likeness (QED) is 0.617. The maximum atomic E-state index is 14.7. The van der Waals surface area contributed by atoms with Crippen LogP contribution >= 0.6 is 27.3 Å². The Bertz CT molecular complexity index is 668. The van der Waals surface area contributed by atoms with Gasteiger partial charge in [-0.1, -0.05) is 0 Å². The molecule has 21 heavy (non-hydrogen) atoms. The van der Waals surface area contributed by atoms with Gasteiger partial charge in [0.05, 0.1) is 10.2 Å². The van der Waals surface area contributed by atoms with Crippen LogP contribution in [0.1, 0.15) is 24.0 Å². The zero-order chi connectivity index (χ0) is 15.0. The van der Waals surface area contributed by atoms with Gasteiger partial charge in [-0.15, -0.1) is 0 Å². The molecule has 1 aliphatic rings. The average molecular weight is 368 g/mol. The van der Waals surface area contributed by atoms with Gasteiger partial charge in [0.1, 0.15) is 5.84 Å². The topological polar surface area (TPSA) is 53.1 Å². The van der Waals surface area contributed by atoms with Crippen molar-refractivity contribution < 1.29 is 4.39 Å². The first-order valence-electron chi connectivity index (χ1n) is 6.68. The van der Waals surface area contributed by atoms with Gasteiger partial charge >= 0.3 is 0 Å². The monoisotopic (exact) mass is 367 g/mol. The summed E-state index contributed by atoms with van der Waals surface area (Å²) in [5.74, 6) is -0.479. The van der Waals surface area contributed by atoms with Crippen molar-refractivity contribution in [3.8, 4) is 0 Å². The van der Waals surface area contributed by atoms with Gasteiger partial charge in [0.25, 0.3) is 0 Å². The summed E-state index contributed by atoms with van der Waals surface area (Å²) in [5.41, 5.74) is 7.62. The van der Waals surface area contributed by atoms with E-state index >= 15 is 0 Å². The smallest absolute Gasteiger partial charge is 0.161 e. The summed E-state index contributed by atoms with van der Waals surface area (Å²) in [7, 11) is 0. The van der Waals surface area contributed by atoms with Gasteiger partial charge < -0.3 is 10.6 Å². The summed E-state index contributed by atoms with van der Waals surface area (Å²) >= 11 is 4.88. The van der Waals surface area contributed by atoms with Crippen LogP contribution in [-0.2, 0) is 6.54 Å². The van der Waals surface area contributed by atoms with Crippen LogP contribution in [0.4, 0.5) is 10.1 Å². The number of hydrogen-bond donors (Lipinski definition) is 2. The fourth-order valence-corrected chi connectivity index (χ4v) is 3.55. The third-order valence-electron chi connectivity index (χ3n) is 3.58. The van der Waals surface area contributed by atoms with Gasteiger partial charge in [0, 0.05) is 18.2 Å². The first-order valence-corrected chi connectivity index (χ1v) is 8.41. The normalized spacial score (nSPS) is 14.2. The highest BCUT2D eigenvalue weighted by molar-refractivity contribution is 9.10. The molecule has 0 bridgehead atoms. The van der Waals surface area contributed by atoms with E-state index in [4.69, 9.17) is 11.1 Å². The molecule has 1 aliphatic carbocycles. The fraction of sp³-hybridized carbons (Fsp3) is 0.267. The van der Waals surface area contributed by atoms with Crippen molar-refractivity contribution in [3.63, 3.8) is 0 Å². The summed E-state index contributed by atoms with van der Waals surface area (Å²) in [5, 5.41) is 11.6. The third kappa shape index (κ3) is 2.96. The molecule has 1 aromatic carbocycles. The molecule has 1 fully saturated rings. The van der Waals surface area contributed by atoms with Crippen molar-refractivity contribution in [2.24, 2.45) is 5.73 Å². The Morgan fingerprint density at radius 2 is 2.19 bits per heavy atom. The molecule has 1 saturated carbocycles. The van der Waals surface area contributed by atoms with E-state index in [1.165, 1.54) is 5.56 Å². The van der Waals surface area contributed by atoms with E-state index < -0.39 is 0 Å². The third-order valence-corrected chi connectivity index (χ3v) is 5.09. The van der Waals surface area contributed by atoms with Gasteiger partial charge in [-0.25, -0.2) is 4.39 Å². The number of nitrogen functional groups attached to an aromatic ring is 1. The van der Waals surface area contributed by atoms with E-state index in [1.807, 2.05) is 5.38 Å². The number of nitrogens with one attached hydrogen (secondary N) is 1. The lowest BCUT2D eigenvalue weighted by Gasteiger charge is -2.25. The fourth-order valence-electron chi connectivity index (χ4n) is 2.35. The van der Waals surface area contributed by atoms with E-state index in [1.54, 1.807) is 23.5 Å². The van der Waals surface area contributed by atoms with Crippen LogP contribution in [0.3, 0.4) is 0 Å². The molecule has 0 atom stereocenters. The van der Waals surface area contributed by atoms with Crippen molar-refractivity contribution in [1.82, 2.24) is 0 Å². The van der Waals surface area contributed by atoms with E-state index in [9.17, 15) is 4.39 Å². The highest BCUT2D eigenvalue weighted by Gasteiger charge is 2.31. The van der Waals surface area contributed by atoms with Crippen molar-refractivity contribution in [2.45, 2.75) is 25.4 Å². The van der Waals surface area contributed by atoms with Crippen LogP contribution in [0.5, 0.6) is 0 Å². The predicted octanol–water partition coefficient (Wildman–Crippen LogP) is 4.10. The largest absolute Gasteiger partial charge is 0.384 e.